The summed E-state index contributed by atoms with van der Waals surface area (Å²) in [6.45, 7) is 4.63. The summed E-state index contributed by atoms with van der Waals surface area (Å²) >= 11 is 0. The van der Waals surface area contributed by atoms with E-state index in [0.717, 1.165) is 5.56 Å². The summed E-state index contributed by atoms with van der Waals surface area (Å²) in [5.74, 6) is -2.27. The van der Waals surface area contributed by atoms with Crippen LogP contribution < -0.4 is 5.32 Å². The molecule has 1 saturated carbocycles. The molecule has 2 rings (SSSR count). The lowest BCUT2D eigenvalue weighted by Gasteiger charge is -2.31. The Morgan fingerprint density at radius 2 is 1.68 bits per heavy atom. The van der Waals surface area contributed by atoms with Gasteiger partial charge in [0.2, 0.25) is 15.9 Å². The monoisotopic (exact) mass is 368 g/mol. The van der Waals surface area contributed by atoms with E-state index in [9.17, 15) is 18.0 Å². The lowest BCUT2D eigenvalue weighted by atomic mass is 9.73. The Labute approximate surface area is 148 Å². The number of hydrogen-bond donors (Lipinski definition) is 2. The van der Waals surface area contributed by atoms with E-state index in [0.29, 0.717) is 25.9 Å². The molecule has 0 spiro atoms. The number of sulfonamides is 1. The van der Waals surface area contributed by atoms with Gasteiger partial charge in [0.1, 0.15) is 0 Å². The van der Waals surface area contributed by atoms with Gasteiger partial charge >= 0.3 is 5.97 Å². The highest BCUT2D eigenvalue weighted by molar-refractivity contribution is 7.89. The predicted octanol–water partition coefficient (Wildman–Crippen LogP) is 1.44. The molecule has 1 aliphatic carbocycles. The molecule has 1 aromatic carbocycles. The fraction of sp³-hybridized carbons (Fsp3) is 0.529. The number of carbonyl (C=O) groups is 2. The molecule has 1 amide bonds. The van der Waals surface area contributed by atoms with Crippen LogP contribution in [0.3, 0.4) is 0 Å². The lowest BCUT2D eigenvalue weighted by molar-refractivity contribution is -0.152. The number of nitrogens with one attached hydrogen (secondary N) is 1. The van der Waals surface area contributed by atoms with Crippen molar-refractivity contribution in [2.75, 3.05) is 13.1 Å². The van der Waals surface area contributed by atoms with Crippen molar-refractivity contribution in [1.29, 1.82) is 0 Å². The number of amides is 1. The van der Waals surface area contributed by atoms with Gasteiger partial charge < -0.3 is 10.4 Å². The van der Waals surface area contributed by atoms with E-state index < -0.39 is 27.8 Å². The minimum Gasteiger partial charge on any atom is -0.481 e. The molecule has 2 atom stereocenters. The summed E-state index contributed by atoms with van der Waals surface area (Å²) in [6, 6.07) is 6.37. The van der Waals surface area contributed by atoms with Crippen molar-refractivity contribution in [3.8, 4) is 0 Å². The van der Waals surface area contributed by atoms with Crippen LogP contribution in [0.15, 0.2) is 29.2 Å². The van der Waals surface area contributed by atoms with Gasteiger partial charge in [-0.2, -0.15) is 4.31 Å². The molecule has 1 aliphatic rings. The summed E-state index contributed by atoms with van der Waals surface area (Å²) in [6.07, 6.45) is 1.12. The zero-order valence-electron chi connectivity index (χ0n) is 14.4. The molecule has 0 heterocycles. The van der Waals surface area contributed by atoms with Gasteiger partial charge in [-0.15, -0.1) is 0 Å². The highest BCUT2D eigenvalue weighted by atomic mass is 32.2. The fourth-order valence-electron chi connectivity index (χ4n) is 2.92. The summed E-state index contributed by atoms with van der Waals surface area (Å²) in [4.78, 5) is 23.2. The average Bonchev–Trinajstić information content (AvgIpc) is 2.52. The molecule has 0 aromatic heterocycles. The first-order valence-electron chi connectivity index (χ1n) is 8.40. The maximum absolute atomic E-state index is 12.4. The Balaban J connectivity index is 1.97. The Morgan fingerprint density at radius 3 is 2.12 bits per heavy atom. The molecule has 2 N–H and O–H groups in total. The van der Waals surface area contributed by atoms with Gasteiger partial charge in [0.05, 0.1) is 16.7 Å². The fourth-order valence-corrected chi connectivity index (χ4v) is 4.38. The van der Waals surface area contributed by atoms with Crippen LogP contribution >= 0.6 is 0 Å². The Hall–Kier alpha value is -1.93. The van der Waals surface area contributed by atoms with Crippen molar-refractivity contribution in [2.24, 2.45) is 11.8 Å². The van der Waals surface area contributed by atoms with Gasteiger partial charge in [-0.05, 0) is 30.5 Å². The van der Waals surface area contributed by atoms with Crippen LogP contribution in [0.2, 0.25) is 0 Å². The third-order valence-corrected chi connectivity index (χ3v) is 6.73. The Bertz CT molecular complexity index is 726. The molecule has 8 heteroatoms. The van der Waals surface area contributed by atoms with E-state index in [1.807, 2.05) is 0 Å². The quantitative estimate of drug-likeness (QED) is 0.723. The van der Waals surface area contributed by atoms with Gasteiger partial charge in [0, 0.05) is 19.6 Å². The number of carboxylic acids is 1. The first kappa shape index (κ1) is 19.4. The molecule has 1 fully saturated rings. The molecule has 0 radical (unpaired) electrons. The topological polar surface area (TPSA) is 104 Å². The van der Waals surface area contributed by atoms with E-state index >= 15 is 0 Å². The highest BCUT2D eigenvalue weighted by Crippen LogP contribution is 2.34. The number of hydrogen-bond acceptors (Lipinski definition) is 4. The molecular formula is C17H24N2O5S. The number of nitrogens with zero attached hydrogens (tertiary/aromatic N) is 1. The molecule has 1 aromatic rings. The zero-order chi connectivity index (χ0) is 18.6. The standard InChI is InChI=1S/C17H24N2O5S/c1-3-19(4-2)25(23,24)13-7-5-12(6-8-13)11-18-16(20)14-9-10-15(14)17(21)22/h5-8,14-15H,3-4,9-11H2,1-2H3,(H,18,20)(H,21,22). The summed E-state index contributed by atoms with van der Waals surface area (Å²) < 4.78 is 26.2. The highest BCUT2D eigenvalue weighted by Gasteiger charge is 2.41. The maximum atomic E-state index is 12.4. The van der Waals surface area contributed by atoms with Crippen LogP contribution in [0, 0.1) is 11.8 Å². The third kappa shape index (κ3) is 4.19. The Morgan fingerprint density at radius 1 is 1.12 bits per heavy atom. The van der Waals surface area contributed by atoms with E-state index in [1.165, 1.54) is 16.4 Å². The lowest BCUT2D eigenvalue weighted by Crippen LogP contribution is -2.43. The van der Waals surface area contributed by atoms with Crippen LogP contribution in [0.4, 0.5) is 0 Å². The van der Waals surface area contributed by atoms with Gasteiger partial charge in [-0.25, -0.2) is 8.42 Å². The molecule has 25 heavy (non-hydrogen) atoms. The Kier molecular flexibility index (Phi) is 6.18. The first-order valence-corrected chi connectivity index (χ1v) is 9.84. The number of rotatable bonds is 8. The van der Waals surface area contributed by atoms with Gasteiger partial charge in [0.15, 0.2) is 0 Å². The van der Waals surface area contributed by atoms with Crippen LogP contribution in [0.25, 0.3) is 0 Å². The van der Waals surface area contributed by atoms with Crippen molar-refractivity contribution in [1.82, 2.24) is 9.62 Å². The maximum Gasteiger partial charge on any atom is 0.307 e. The minimum atomic E-state index is -3.49. The summed E-state index contributed by atoms with van der Waals surface area (Å²) in [7, 11) is -3.49. The number of carbonyl (C=O) groups excluding carboxylic acids is 1. The van der Waals surface area contributed by atoms with Crippen LogP contribution in [0.5, 0.6) is 0 Å². The second-order valence-corrected chi connectivity index (χ2v) is 8.02. The van der Waals surface area contributed by atoms with Gasteiger partial charge in [0.25, 0.3) is 0 Å². The second kappa shape index (κ2) is 7.97. The molecule has 0 saturated heterocycles. The molecule has 138 valence electrons. The molecule has 7 nitrogen and oxygen atoms in total. The smallest absolute Gasteiger partial charge is 0.307 e. The van der Waals surface area contributed by atoms with Crippen molar-refractivity contribution in [3.63, 3.8) is 0 Å². The molecule has 2 unspecified atom stereocenters. The summed E-state index contributed by atoms with van der Waals surface area (Å²) in [5.41, 5.74) is 0.762. The molecule has 0 aliphatic heterocycles. The largest absolute Gasteiger partial charge is 0.481 e. The van der Waals surface area contributed by atoms with Crippen molar-refractivity contribution in [2.45, 2.75) is 38.1 Å². The van der Waals surface area contributed by atoms with Crippen LogP contribution in [-0.4, -0.2) is 42.8 Å². The van der Waals surface area contributed by atoms with E-state index in [2.05, 4.69) is 5.32 Å². The predicted molar refractivity (Wildman–Crippen MR) is 92.2 cm³/mol. The van der Waals surface area contributed by atoms with Crippen molar-refractivity contribution in [3.05, 3.63) is 29.8 Å². The SMILES string of the molecule is CCN(CC)S(=O)(=O)c1ccc(CNC(=O)C2CCC2C(=O)O)cc1. The summed E-state index contributed by atoms with van der Waals surface area (Å²) in [5, 5.41) is 11.7. The number of carboxylic acid groups (broad SMARTS) is 1. The van der Waals surface area contributed by atoms with E-state index in [1.54, 1.807) is 26.0 Å². The van der Waals surface area contributed by atoms with Crippen LogP contribution in [0.1, 0.15) is 32.3 Å². The number of aliphatic carboxylic acids is 1. The second-order valence-electron chi connectivity index (χ2n) is 6.08. The van der Waals surface area contributed by atoms with Crippen molar-refractivity contribution < 1.29 is 23.1 Å². The zero-order valence-corrected chi connectivity index (χ0v) is 15.3. The van der Waals surface area contributed by atoms with E-state index in [4.69, 9.17) is 5.11 Å². The minimum absolute atomic E-state index is 0.219. The van der Waals surface area contributed by atoms with Crippen LogP contribution in [-0.2, 0) is 26.2 Å². The average molecular weight is 368 g/mol. The number of benzene rings is 1. The van der Waals surface area contributed by atoms with Crippen molar-refractivity contribution >= 4 is 21.9 Å². The van der Waals surface area contributed by atoms with Gasteiger partial charge in [-0.1, -0.05) is 26.0 Å². The normalized spacial score (nSPS) is 20.1. The third-order valence-electron chi connectivity index (χ3n) is 4.66. The molecule has 0 bridgehead atoms. The van der Waals surface area contributed by atoms with E-state index in [-0.39, 0.29) is 17.3 Å². The molecular weight excluding hydrogens is 344 g/mol. The van der Waals surface area contributed by atoms with Gasteiger partial charge in [-0.3, -0.25) is 9.59 Å². The first-order chi connectivity index (χ1) is 11.8.